The van der Waals surface area contributed by atoms with Gasteiger partial charge in [-0.2, -0.15) is 9.49 Å². The Balaban J connectivity index is 1.38. The van der Waals surface area contributed by atoms with Crippen molar-refractivity contribution in [1.29, 1.82) is 0 Å². The van der Waals surface area contributed by atoms with Crippen LogP contribution in [-0.2, 0) is 13.0 Å². The molecule has 180 valence electrons. The molecule has 1 saturated heterocycles. The van der Waals surface area contributed by atoms with Crippen LogP contribution in [0.5, 0.6) is 11.5 Å². The summed E-state index contributed by atoms with van der Waals surface area (Å²) in [6, 6.07) is 11.8. The Hall–Kier alpha value is -3.65. The molecule has 6 rings (SSSR count). The molecule has 0 amide bonds. The number of nitrogens with one attached hydrogen (secondary N) is 1. The molecule has 2 aromatic carbocycles. The lowest BCUT2D eigenvalue weighted by atomic mass is 9.89. The van der Waals surface area contributed by atoms with Crippen LogP contribution in [0.25, 0.3) is 22.0 Å². The van der Waals surface area contributed by atoms with Gasteiger partial charge in [0.2, 0.25) is 5.95 Å². The number of fused-ring (bicyclic) bond motifs is 2. The van der Waals surface area contributed by atoms with Crippen molar-refractivity contribution in [1.82, 2.24) is 19.7 Å². The van der Waals surface area contributed by atoms with Crippen LogP contribution in [0, 0.1) is 11.9 Å². The van der Waals surface area contributed by atoms with Gasteiger partial charge in [-0.15, -0.1) is 0 Å². The Morgan fingerprint density at radius 3 is 2.89 bits per heavy atom. The maximum Gasteiger partial charge on any atom is 0.216 e. The van der Waals surface area contributed by atoms with E-state index < -0.39 is 5.95 Å². The van der Waals surface area contributed by atoms with E-state index in [9.17, 15) is 9.18 Å². The second kappa shape index (κ2) is 8.53. The normalized spacial score (nSPS) is 19.7. The zero-order valence-electron chi connectivity index (χ0n) is 19.8. The minimum absolute atomic E-state index is 0.0615. The molecule has 7 nitrogen and oxygen atoms in total. The summed E-state index contributed by atoms with van der Waals surface area (Å²) in [5, 5.41) is 7.05. The molecule has 0 bridgehead atoms. The van der Waals surface area contributed by atoms with Crippen molar-refractivity contribution in [3.8, 4) is 22.6 Å². The van der Waals surface area contributed by atoms with Crippen LogP contribution < -0.4 is 9.47 Å². The maximum atomic E-state index is 14.2. The quantitative estimate of drug-likeness (QED) is 0.422. The molecule has 4 aromatic rings. The third-order valence-electron chi connectivity index (χ3n) is 7.44. The van der Waals surface area contributed by atoms with Crippen molar-refractivity contribution in [3.63, 3.8) is 0 Å². The lowest BCUT2D eigenvalue weighted by Gasteiger charge is -2.38. The number of Topliss-reactive ketones (excluding diaryl/α,β-unsaturated/α-hetero) is 1. The fourth-order valence-electron chi connectivity index (χ4n) is 5.19. The van der Waals surface area contributed by atoms with Crippen LogP contribution >= 0.6 is 0 Å². The molecule has 4 heterocycles. The molecule has 1 N–H and O–H groups in total. The van der Waals surface area contributed by atoms with Crippen molar-refractivity contribution >= 4 is 16.7 Å². The summed E-state index contributed by atoms with van der Waals surface area (Å²) in [5.74, 6) is 0.862. The predicted molar refractivity (Wildman–Crippen MR) is 131 cm³/mol. The second-order valence-electron chi connectivity index (χ2n) is 9.50. The van der Waals surface area contributed by atoms with Crippen molar-refractivity contribution in [3.05, 3.63) is 65.9 Å². The molecule has 35 heavy (non-hydrogen) atoms. The molecule has 2 aliphatic rings. The highest BCUT2D eigenvalue weighted by Crippen LogP contribution is 2.35. The molecule has 0 radical (unpaired) electrons. The first-order chi connectivity index (χ1) is 17.0. The number of H-pyrrole nitrogens is 1. The summed E-state index contributed by atoms with van der Waals surface area (Å²) in [5.41, 5.74) is 3.73. The number of likely N-dealkylation sites (tertiary alicyclic amines) is 1. The van der Waals surface area contributed by atoms with E-state index in [1.807, 2.05) is 42.6 Å². The molecule has 1 unspecified atom stereocenters. The maximum absolute atomic E-state index is 14.2. The number of nitrogens with zero attached hydrogens (tertiary/aromatic N) is 3. The molecule has 0 spiro atoms. The number of methoxy groups -OCH3 is 1. The first kappa shape index (κ1) is 21.9. The number of carbonyl (C=O) groups is 1. The van der Waals surface area contributed by atoms with Crippen LogP contribution in [0.4, 0.5) is 4.39 Å². The van der Waals surface area contributed by atoms with Gasteiger partial charge in [-0.25, -0.2) is 0 Å². The molecule has 0 aliphatic carbocycles. The number of likely N-dealkylation sites (N-methyl/N-ethyl adjacent to an activating group) is 1. The van der Waals surface area contributed by atoms with Crippen LogP contribution in [0.15, 0.2) is 48.8 Å². The van der Waals surface area contributed by atoms with Crippen molar-refractivity contribution in [2.24, 2.45) is 5.92 Å². The molecular weight excluding hydrogens is 447 g/mol. The van der Waals surface area contributed by atoms with E-state index in [1.54, 1.807) is 7.11 Å². The number of benzene rings is 2. The number of carbonyl (C=O) groups excluding carboxylic acids is 1. The fourth-order valence-corrected chi connectivity index (χ4v) is 5.19. The first-order valence-electron chi connectivity index (χ1n) is 11.9. The smallest absolute Gasteiger partial charge is 0.216 e. The van der Waals surface area contributed by atoms with Crippen molar-refractivity contribution in [2.45, 2.75) is 25.4 Å². The number of ether oxygens (including phenoxy) is 2. The standard InChI is InChI=1S/C27H27FN4O3/c1-31-8-7-19(31)13-32-14-23(21-5-3-16(11-24(21)32)22-12-29-30-27(22)28)26(33)18-9-17-10-20(34-2)4-6-25(17)35-15-18/h3-6,10-12,14,18-19H,7-9,13,15H2,1-2H3,(H,29,30)/t18?,19-/m1/s1. The van der Waals surface area contributed by atoms with E-state index in [4.69, 9.17) is 9.47 Å². The Kier molecular flexibility index (Phi) is 5.33. The number of rotatable bonds is 6. The zero-order chi connectivity index (χ0) is 24.1. The number of hydrogen-bond donors (Lipinski definition) is 1. The van der Waals surface area contributed by atoms with Gasteiger partial charge in [0.05, 0.1) is 31.4 Å². The number of aromatic amines is 1. The highest BCUT2D eigenvalue weighted by atomic mass is 19.1. The highest BCUT2D eigenvalue weighted by Gasteiger charge is 2.31. The monoisotopic (exact) mass is 474 g/mol. The number of ketones is 1. The van der Waals surface area contributed by atoms with Gasteiger partial charge in [-0.05, 0) is 61.8 Å². The average molecular weight is 475 g/mol. The molecule has 2 aliphatic heterocycles. The summed E-state index contributed by atoms with van der Waals surface area (Å²) in [6.07, 6.45) is 5.17. The van der Waals surface area contributed by atoms with E-state index in [-0.39, 0.29) is 11.7 Å². The van der Waals surface area contributed by atoms with Crippen LogP contribution in [-0.4, -0.2) is 58.8 Å². The number of aromatic nitrogens is 3. The van der Waals surface area contributed by atoms with Gasteiger partial charge in [0.25, 0.3) is 0 Å². The molecule has 0 saturated carbocycles. The van der Waals surface area contributed by atoms with E-state index >= 15 is 0 Å². The third kappa shape index (κ3) is 3.78. The van der Waals surface area contributed by atoms with Crippen LogP contribution in [0.1, 0.15) is 22.3 Å². The Labute approximate surface area is 202 Å². The SMILES string of the molecule is COc1ccc2c(c1)CC(C(=O)c1cn(C[C@H]3CCN3C)c3cc(-c4cn[nH]c4F)ccc13)CO2. The van der Waals surface area contributed by atoms with Gasteiger partial charge in [0.15, 0.2) is 5.78 Å². The largest absolute Gasteiger partial charge is 0.497 e. The van der Waals surface area contributed by atoms with Gasteiger partial charge < -0.3 is 18.9 Å². The van der Waals surface area contributed by atoms with E-state index in [1.165, 1.54) is 6.20 Å². The van der Waals surface area contributed by atoms with Gasteiger partial charge in [0.1, 0.15) is 11.5 Å². The Morgan fingerprint density at radius 2 is 2.17 bits per heavy atom. The average Bonchev–Trinajstić information content (AvgIpc) is 3.48. The summed E-state index contributed by atoms with van der Waals surface area (Å²) >= 11 is 0. The minimum atomic E-state index is -0.467. The van der Waals surface area contributed by atoms with Gasteiger partial charge in [-0.1, -0.05) is 12.1 Å². The molecule has 1 fully saturated rings. The second-order valence-corrected chi connectivity index (χ2v) is 9.50. The van der Waals surface area contributed by atoms with Crippen LogP contribution in [0.2, 0.25) is 0 Å². The molecule has 2 atom stereocenters. The summed E-state index contributed by atoms with van der Waals surface area (Å²) in [4.78, 5) is 16.1. The van der Waals surface area contributed by atoms with Crippen molar-refractivity contribution in [2.75, 3.05) is 27.3 Å². The minimum Gasteiger partial charge on any atom is -0.497 e. The van der Waals surface area contributed by atoms with E-state index in [0.29, 0.717) is 30.2 Å². The zero-order valence-corrected chi connectivity index (χ0v) is 19.8. The van der Waals surface area contributed by atoms with Crippen LogP contribution in [0.3, 0.4) is 0 Å². The summed E-state index contributed by atoms with van der Waals surface area (Å²) in [6.45, 7) is 2.19. The Morgan fingerprint density at radius 1 is 1.29 bits per heavy atom. The lowest BCUT2D eigenvalue weighted by molar-refractivity contribution is 0.0855. The molecular formula is C27H27FN4O3. The predicted octanol–water partition coefficient (Wildman–Crippen LogP) is 4.32. The Bertz CT molecular complexity index is 1430. The fraction of sp³-hybridized carbons (Fsp3) is 0.333. The molecule has 2 aromatic heterocycles. The number of hydrogen-bond acceptors (Lipinski definition) is 5. The third-order valence-corrected chi connectivity index (χ3v) is 7.44. The summed E-state index contributed by atoms with van der Waals surface area (Å²) < 4.78 is 27.6. The van der Waals surface area contributed by atoms with E-state index in [0.717, 1.165) is 53.0 Å². The van der Waals surface area contributed by atoms with Gasteiger partial charge in [0, 0.05) is 35.2 Å². The highest BCUT2D eigenvalue weighted by molar-refractivity contribution is 6.10. The topological polar surface area (TPSA) is 72.4 Å². The first-order valence-corrected chi connectivity index (χ1v) is 11.9. The van der Waals surface area contributed by atoms with Gasteiger partial charge >= 0.3 is 0 Å². The van der Waals surface area contributed by atoms with Gasteiger partial charge in [-0.3, -0.25) is 9.89 Å². The molecule has 8 heteroatoms. The summed E-state index contributed by atoms with van der Waals surface area (Å²) in [7, 11) is 3.75. The lowest BCUT2D eigenvalue weighted by Crippen LogP contribution is -2.46. The number of halogens is 1. The van der Waals surface area contributed by atoms with Crippen molar-refractivity contribution < 1.29 is 18.7 Å². The van der Waals surface area contributed by atoms with E-state index in [2.05, 4.69) is 26.7 Å².